The first-order chi connectivity index (χ1) is 7.70. The number of benzene rings is 1. The van der Waals surface area contributed by atoms with Crippen LogP contribution in [0.1, 0.15) is 43.9 Å². The van der Waals surface area contributed by atoms with Gasteiger partial charge in [0.15, 0.2) is 0 Å². The Bertz CT molecular complexity index is 360. The van der Waals surface area contributed by atoms with Crippen LogP contribution in [0.3, 0.4) is 0 Å². The van der Waals surface area contributed by atoms with Gasteiger partial charge >= 0.3 is 0 Å². The Morgan fingerprint density at radius 3 is 3.00 bits per heavy atom. The molecule has 0 radical (unpaired) electrons. The minimum atomic E-state index is -0.333. The van der Waals surface area contributed by atoms with Crippen LogP contribution in [0.4, 0.5) is 0 Å². The highest BCUT2D eigenvalue weighted by molar-refractivity contribution is 5.40. The molecule has 0 saturated carbocycles. The molecule has 1 aromatic carbocycles. The number of fused-ring (bicyclic) bond motifs is 1. The van der Waals surface area contributed by atoms with E-state index < -0.39 is 0 Å². The minimum absolute atomic E-state index is 0.333. The lowest BCUT2D eigenvalue weighted by Gasteiger charge is -2.15. The molecule has 0 bridgehead atoms. The molecule has 2 heteroatoms. The molecule has 0 amide bonds. The minimum Gasteiger partial charge on any atom is -0.493 e. The Morgan fingerprint density at radius 2 is 2.25 bits per heavy atom. The van der Waals surface area contributed by atoms with E-state index in [1.807, 2.05) is 12.1 Å². The third kappa shape index (κ3) is 2.38. The lowest BCUT2D eigenvalue weighted by atomic mass is 9.95. The predicted molar refractivity (Wildman–Crippen MR) is 64.7 cm³/mol. The molecular formula is C14H20O2. The number of aliphatic hydroxyl groups is 1. The zero-order chi connectivity index (χ0) is 11.5. The lowest BCUT2D eigenvalue weighted by Crippen LogP contribution is -2.04. The first-order valence-electron chi connectivity index (χ1n) is 6.14. The van der Waals surface area contributed by atoms with Gasteiger partial charge in [0.05, 0.1) is 12.7 Å². The van der Waals surface area contributed by atoms with Gasteiger partial charge in [-0.3, -0.25) is 0 Å². The second kappa shape index (κ2) is 4.88. The molecule has 1 aromatic rings. The van der Waals surface area contributed by atoms with Crippen LogP contribution in [0, 0.1) is 5.92 Å². The van der Waals surface area contributed by atoms with E-state index in [0.29, 0.717) is 5.92 Å². The van der Waals surface area contributed by atoms with Gasteiger partial charge in [-0.2, -0.15) is 0 Å². The quantitative estimate of drug-likeness (QED) is 0.845. The van der Waals surface area contributed by atoms with Crippen molar-refractivity contribution in [1.29, 1.82) is 0 Å². The molecule has 1 N–H and O–H groups in total. The van der Waals surface area contributed by atoms with Crippen molar-refractivity contribution in [3.63, 3.8) is 0 Å². The summed E-state index contributed by atoms with van der Waals surface area (Å²) in [6.07, 6.45) is 2.60. The van der Waals surface area contributed by atoms with Crippen LogP contribution in [-0.2, 0) is 6.42 Å². The number of hydrogen-bond acceptors (Lipinski definition) is 2. The summed E-state index contributed by atoms with van der Waals surface area (Å²) in [4.78, 5) is 0. The number of hydrogen-bond donors (Lipinski definition) is 1. The molecule has 0 spiro atoms. The summed E-state index contributed by atoms with van der Waals surface area (Å²) in [7, 11) is 0. The summed E-state index contributed by atoms with van der Waals surface area (Å²) in [6.45, 7) is 5.12. The monoisotopic (exact) mass is 220 g/mol. The van der Waals surface area contributed by atoms with E-state index in [1.165, 1.54) is 5.56 Å². The molecule has 0 fully saturated rings. The first kappa shape index (κ1) is 11.5. The highest BCUT2D eigenvalue weighted by atomic mass is 16.5. The molecule has 0 saturated heterocycles. The van der Waals surface area contributed by atoms with E-state index in [4.69, 9.17) is 4.74 Å². The number of rotatable bonds is 4. The molecular weight excluding hydrogens is 200 g/mol. The fourth-order valence-electron chi connectivity index (χ4n) is 2.10. The van der Waals surface area contributed by atoms with Crippen LogP contribution >= 0.6 is 0 Å². The molecule has 0 aliphatic carbocycles. The Kier molecular flexibility index (Phi) is 3.49. The van der Waals surface area contributed by atoms with Crippen molar-refractivity contribution in [3.05, 3.63) is 29.3 Å². The lowest BCUT2D eigenvalue weighted by molar-refractivity contribution is 0.146. The van der Waals surface area contributed by atoms with Gasteiger partial charge in [0, 0.05) is 6.42 Å². The standard InChI is InChI=1S/C14H20O2/c1-3-10(2)8-13(15)11-4-5-14-12(9-11)6-7-16-14/h4-5,9-10,13,15H,3,6-8H2,1-2H3. The van der Waals surface area contributed by atoms with Crippen molar-refractivity contribution >= 4 is 0 Å². The van der Waals surface area contributed by atoms with Gasteiger partial charge in [-0.05, 0) is 35.6 Å². The van der Waals surface area contributed by atoms with Crippen LogP contribution in [0.5, 0.6) is 5.75 Å². The molecule has 2 unspecified atom stereocenters. The van der Waals surface area contributed by atoms with Crippen LogP contribution in [-0.4, -0.2) is 11.7 Å². The largest absolute Gasteiger partial charge is 0.493 e. The summed E-state index contributed by atoms with van der Waals surface area (Å²) in [5, 5.41) is 10.1. The van der Waals surface area contributed by atoms with Crippen molar-refractivity contribution in [2.75, 3.05) is 6.61 Å². The molecule has 2 atom stereocenters. The van der Waals surface area contributed by atoms with Gasteiger partial charge in [0.25, 0.3) is 0 Å². The zero-order valence-electron chi connectivity index (χ0n) is 10.1. The SMILES string of the molecule is CCC(C)CC(O)c1ccc2c(c1)CCO2. The van der Waals surface area contributed by atoms with Crippen molar-refractivity contribution in [3.8, 4) is 5.75 Å². The van der Waals surface area contributed by atoms with Gasteiger partial charge in [0.2, 0.25) is 0 Å². The smallest absolute Gasteiger partial charge is 0.122 e. The highest BCUT2D eigenvalue weighted by Crippen LogP contribution is 2.30. The Morgan fingerprint density at radius 1 is 1.44 bits per heavy atom. The average Bonchev–Trinajstić information content (AvgIpc) is 2.75. The van der Waals surface area contributed by atoms with E-state index >= 15 is 0 Å². The third-order valence-corrected chi connectivity index (χ3v) is 3.42. The summed E-state index contributed by atoms with van der Waals surface area (Å²) >= 11 is 0. The fraction of sp³-hybridized carbons (Fsp3) is 0.571. The van der Waals surface area contributed by atoms with E-state index in [2.05, 4.69) is 19.9 Å². The molecule has 88 valence electrons. The van der Waals surface area contributed by atoms with E-state index in [-0.39, 0.29) is 6.10 Å². The summed E-state index contributed by atoms with van der Waals surface area (Å²) < 4.78 is 5.45. The van der Waals surface area contributed by atoms with Crippen LogP contribution < -0.4 is 4.74 Å². The van der Waals surface area contributed by atoms with E-state index in [0.717, 1.165) is 37.2 Å². The first-order valence-corrected chi connectivity index (χ1v) is 6.14. The maximum absolute atomic E-state index is 10.1. The van der Waals surface area contributed by atoms with Crippen molar-refractivity contribution < 1.29 is 9.84 Å². The topological polar surface area (TPSA) is 29.5 Å². The van der Waals surface area contributed by atoms with Crippen molar-refractivity contribution in [1.82, 2.24) is 0 Å². The maximum atomic E-state index is 10.1. The summed E-state index contributed by atoms with van der Waals surface area (Å²) in [5.41, 5.74) is 2.27. The van der Waals surface area contributed by atoms with Crippen LogP contribution in [0.25, 0.3) is 0 Å². The summed E-state index contributed by atoms with van der Waals surface area (Å²) in [6, 6.07) is 6.06. The molecule has 2 rings (SSSR count). The average molecular weight is 220 g/mol. The van der Waals surface area contributed by atoms with Gasteiger partial charge in [0.1, 0.15) is 5.75 Å². The Balaban J connectivity index is 2.09. The second-order valence-corrected chi connectivity index (χ2v) is 4.73. The van der Waals surface area contributed by atoms with Gasteiger partial charge in [-0.15, -0.1) is 0 Å². The van der Waals surface area contributed by atoms with Crippen LogP contribution in [0.2, 0.25) is 0 Å². The molecule has 2 nitrogen and oxygen atoms in total. The van der Waals surface area contributed by atoms with Crippen molar-refractivity contribution in [2.24, 2.45) is 5.92 Å². The fourth-order valence-corrected chi connectivity index (χ4v) is 2.10. The number of ether oxygens (including phenoxy) is 1. The zero-order valence-corrected chi connectivity index (χ0v) is 10.1. The highest BCUT2D eigenvalue weighted by Gasteiger charge is 2.16. The Labute approximate surface area is 97.3 Å². The Hall–Kier alpha value is -1.02. The van der Waals surface area contributed by atoms with Gasteiger partial charge in [-0.1, -0.05) is 26.3 Å². The molecule has 1 aliphatic rings. The molecule has 1 heterocycles. The predicted octanol–water partition coefficient (Wildman–Crippen LogP) is 3.09. The molecule has 0 aromatic heterocycles. The van der Waals surface area contributed by atoms with Crippen molar-refractivity contribution in [2.45, 2.75) is 39.2 Å². The third-order valence-electron chi connectivity index (χ3n) is 3.42. The number of aliphatic hydroxyl groups excluding tert-OH is 1. The second-order valence-electron chi connectivity index (χ2n) is 4.73. The van der Waals surface area contributed by atoms with E-state index in [1.54, 1.807) is 0 Å². The van der Waals surface area contributed by atoms with Gasteiger partial charge in [-0.25, -0.2) is 0 Å². The van der Waals surface area contributed by atoms with E-state index in [9.17, 15) is 5.11 Å². The summed E-state index contributed by atoms with van der Waals surface area (Å²) in [5.74, 6) is 1.55. The molecule has 16 heavy (non-hydrogen) atoms. The van der Waals surface area contributed by atoms with Gasteiger partial charge < -0.3 is 9.84 Å². The normalized spacial score (nSPS) is 17.7. The van der Waals surface area contributed by atoms with Crippen LogP contribution in [0.15, 0.2) is 18.2 Å². The maximum Gasteiger partial charge on any atom is 0.122 e. The molecule has 1 aliphatic heterocycles.